The van der Waals surface area contributed by atoms with E-state index in [0.29, 0.717) is 0 Å². The van der Waals surface area contributed by atoms with Crippen molar-refractivity contribution in [1.29, 1.82) is 0 Å². The summed E-state index contributed by atoms with van der Waals surface area (Å²) in [6, 6.07) is 0. The lowest BCUT2D eigenvalue weighted by Crippen LogP contribution is -2.01. The van der Waals surface area contributed by atoms with Crippen molar-refractivity contribution in [3.05, 3.63) is 21.6 Å². The molecule has 1 heterocycles. The van der Waals surface area contributed by atoms with Crippen molar-refractivity contribution in [1.82, 2.24) is 4.98 Å². The number of halogens is 1. The van der Waals surface area contributed by atoms with E-state index in [0.717, 1.165) is 21.9 Å². The quantitative estimate of drug-likeness (QED) is 0.843. The lowest BCUT2D eigenvalue weighted by Gasteiger charge is -2.02. The molecule has 0 saturated carbocycles. The maximum atomic E-state index is 4.22. The molecule has 76 valence electrons. The van der Waals surface area contributed by atoms with Crippen LogP contribution in [0.3, 0.4) is 0 Å². The molecule has 0 spiro atoms. The van der Waals surface area contributed by atoms with Crippen LogP contribution in [0.5, 0.6) is 0 Å². The summed E-state index contributed by atoms with van der Waals surface area (Å²) in [5.74, 6) is 0. The number of hydrogen-bond donors (Lipinski definition) is 1. The van der Waals surface area contributed by atoms with Gasteiger partial charge in [0.25, 0.3) is 0 Å². The number of nitrogens with one attached hydrogen (secondary N) is 1. The van der Waals surface area contributed by atoms with Gasteiger partial charge in [-0.2, -0.15) is 0 Å². The van der Waals surface area contributed by atoms with Gasteiger partial charge in [0.2, 0.25) is 0 Å². The maximum absolute atomic E-state index is 4.22. The van der Waals surface area contributed by atoms with Crippen molar-refractivity contribution in [2.24, 2.45) is 0 Å². The second kappa shape index (κ2) is 4.94. The zero-order chi connectivity index (χ0) is 9.80. The van der Waals surface area contributed by atoms with Crippen molar-refractivity contribution in [2.75, 3.05) is 11.9 Å². The molecule has 0 amide bonds. The largest absolute Gasteiger partial charge is 0.361 e. The van der Waals surface area contributed by atoms with E-state index >= 15 is 0 Å². The molecule has 0 aromatic carbocycles. The van der Waals surface area contributed by atoms with Crippen LogP contribution in [0.15, 0.2) is 21.6 Å². The molecular formula is C10H13BrN2S. The molecule has 2 nitrogen and oxygen atoms in total. The first-order valence-electron chi connectivity index (χ1n) is 4.88. The molecule has 1 aromatic rings. The van der Waals surface area contributed by atoms with Crippen LogP contribution in [0, 0.1) is 0 Å². The number of allylic oxidation sites excluding steroid dienone is 1. The zero-order valence-electron chi connectivity index (χ0n) is 7.92. The van der Waals surface area contributed by atoms with Crippen LogP contribution in [0.1, 0.15) is 25.7 Å². The van der Waals surface area contributed by atoms with Crippen LogP contribution >= 0.6 is 27.3 Å². The Morgan fingerprint density at radius 3 is 3.14 bits per heavy atom. The van der Waals surface area contributed by atoms with Crippen LogP contribution in [0.4, 0.5) is 5.13 Å². The van der Waals surface area contributed by atoms with Gasteiger partial charge >= 0.3 is 0 Å². The van der Waals surface area contributed by atoms with Crippen molar-refractivity contribution in [3.8, 4) is 0 Å². The van der Waals surface area contributed by atoms with Gasteiger partial charge in [-0.05, 0) is 41.6 Å². The SMILES string of the molecule is Brc1cnc(NCCC2=CCCC2)s1. The van der Waals surface area contributed by atoms with Crippen LogP contribution in [0.2, 0.25) is 0 Å². The van der Waals surface area contributed by atoms with E-state index in [1.54, 1.807) is 16.9 Å². The van der Waals surface area contributed by atoms with Gasteiger partial charge in [0, 0.05) is 6.54 Å². The molecule has 1 N–H and O–H groups in total. The van der Waals surface area contributed by atoms with Gasteiger partial charge in [-0.15, -0.1) is 0 Å². The Kier molecular flexibility index (Phi) is 3.59. The minimum atomic E-state index is 1.01. The summed E-state index contributed by atoms with van der Waals surface area (Å²) in [5.41, 5.74) is 1.60. The first-order valence-corrected chi connectivity index (χ1v) is 6.48. The van der Waals surface area contributed by atoms with Crippen molar-refractivity contribution >= 4 is 32.4 Å². The van der Waals surface area contributed by atoms with E-state index in [4.69, 9.17) is 0 Å². The Morgan fingerprint density at radius 1 is 1.57 bits per heavy atom. The summed E-state index contributed by atoms with van der Waals surface area (Å²) in [5, 5.41) is 4.34. The van der Waals surface area contributed by atoms with Gasteiger partial charge in [-0.3, -0.25) is 0 Å². The van der Waals surface area contributed by atoms with Crippen molar-refractivity contribution < 1.29 is 0 Å². The lowest BCUT2D eigenvalue weighted by molar-refractivity contribution is 0.863. The van der Waals surface area contributed by atoms with E-state index in [-0.39, 0.29) is 0 Å². The fourth-order valence-corrected chi connectivity index (χ4v) is 2.76. The van der Waals surface area contributed by atoms with Gasteiger partial charge in [-0.25, -0.2) is 4.98 Å². The highest BCUT2D eigenvalue weighted by atomic mass is 79.9. The molecule has 4 heteroatoms. The van der Waals surface area contributed by atoms with Gasteiger partial charge < -0.3 is 5.32 Å². The minimum absolute atomic E-state index is 1.01. The van der Waals surface area contributed by atoms with Crippen LogP contribution < -0.4 is 5.32 Å². The molecule has 0 saturated heterocycles. The Balaban J connectivity index is 1.72. The Labute approximate surface area is 96.6 Å². The molecular weight excluding hydrogens is 260 g/mol. The summed E-state index contributed by atoms with van der Waals surface area (Å²) >= 11 is 5.04. The minimum Gasteiger partial charge on any atom is -0.361 e. The summed E-state index contributed by atoms with van der Waals surface area (Å²) < 4.78 is 1.08. The molecule has 0 bridgehead atoms. The van der Waals surface area contributed by atoms with Crippen LogP contribution in [-0.4, -0.2) is 11.5 Å². The van der Waals surface area contributed by atoms with E-state index in [1.807, 2.05) is 6.20 Å². The molecule has 0 radical (unpaired) electrons. The van der Waals surface area contributed by atoms with E-state index < -0.39 is 0 Å². The molecule has 2 rings (SSSR count). The average Bonchev–Trinajstić information content (AvgIpc) is 2.77. The number of hydrogen-bond acceptors (Lipinski definition) is 3. The summed E-state index contributed by atoms with van der Waals surface area (Å²) in [6.07, 6.45) is 9.29. The van der Waals surface area contributed by atoms with Crippen LogP contribution in [-0.2, 0) is 0 Å². The summed E-state index contributed by atoms with van der Waals surface area (Å²) in [7, 11) is 0. The fraction of sp³-hybridized carbons (Fsp3) is 0.500. The van der Waals surface area contributed by atoms with E-state index in [2.05, 4.69) is 32.3 Å². The average molecular weight is 273 g/mol. The number of nitrogens with zero attached hydrogens (tertiary/aromatic N) is 1. The third-order valence-electron chi connectivity index (χ3n) is 2.33. The summed E-state index contributed by atoms with van der Waals surface area (Å²) in [4.78, 5) is 4.22. The fourth-order valence-electron chi connectivity index (χ4n) is 1.63. The molecule has 1 aromatic heterocycles. The normalized spacial score (nSPS) is 15.6. The molecule has 1 aliphatic rings. The maximum Gasteiger partial charge on any atom is 0.183 e. The topological polar surface area (TPSA) is 24.9 Å². The number of aromatic nitrogens is 1. The van der Waals surface area contributed by atoms with Gasteiger partial charge in [0.1, 0.15) is 0 Å². The number of thiazole rings is 1. The molecule has 0 fully saturated rings. The highest BCUT2D eigenvalue weighted by molar-refractivity contribution is 9.11. The first-order chi connectivity index (χ1) is 6.84. The number of anilines is 1. The third-order valence-corrected chi connectivity index (χ3v) is 3.77. The predicted octanol–water partition coefficient (Wildman–Crippen LogP) is 3.82. The highest BCUT2D eigenvalue weighted by Crippen LogP contribution is 2.24. The predicted molar refractivity (Wildman–Crippen MR) is 64.9 cm³/mol. The summed E-state index contributed by atoms with van der Waals surface area (Å²) in [6.45, 7) is 1.01. The monoisotopic (exact) mass is 272 g/mol. The molecule has 14 heavy (non-hydrogen) atoms. The Morgan fingerprint density at radius 2 is 2.50 bits per heavy atom. The molecule has 0 atom stereocenters. The second-order valence-corrected chi connectivity index (χ2v) is 5.81. The van der Waals surface area contributed by atoms with Gasteiger partial charge in [0.05, 0.1) is 9.98 Å². The molecule has 0 unspecified atom stereocenters. The smallest absolute Gasteiger partial charge is 0.183 e. The van der Waals surface area contributed by atoms with Gasteiger partial charge in [0.15, 0.2) is 5.13 Å². The number of rotatable bonds is 4. The Bertz CT molecular complexity index is 333. The lowest BCUT2D eigenvalue weighted by atomic mass is 10.2. The standard InChI is InChI=1S/C10H13BrN2S/c11-9-7-13-10(14-9)12-6-5-8-3-1-2-4-8/h3,7H,1-2,4-6H2,(H,12,13). The molecule has 1 aliphatic carbocycles. The van der Waals surface area contributed by atoms with E-state index in [1.165, 1.54) is 19.3 Å². The second-order valence-electron chi connectivity index (χ2n) is 3.40. The van der Waals surface area contributed by atoms with Crippen LogP contribution in [0.25, 0.3) is 0 Å². The zero-order valence-corrected chi connectivity index (χ0v) is 10.3. The Hall–Kier alpha value is -0.350. The van der Waals surface area contributed by atoms with Gasteiger partial charge in [-0.1, -0.05) is 23.0 Å². The van der Waals surface area contributed by atoms with Crippen molar-refractivity contribution in [3.63, 3.8) is 0 Å². The first kappa shape index (κ1) is 10.2. The van der Waals surface area contributed by atoms with Crippen molar-refractivity contribution in [2.45, 2.75) is 25.7 Å². The van der Waals surface area contributed by atoms with E-state index in [9.17, 15) is 0 Å². The highest BCUT2D eigenvalue weighted by Gasteiger charge is 2.04. The molecule has 0 aliphatic heterocycles. The third kappa shape index (κ3) is 2.82.